The Morgan fingerprint density at radius 3 is 2.70 bits per heavy atom. The molecule has 0 aliphatic carbocycles. The van der Waals surface area contributed by atoms with Gasteiger partial charge in [0.15, 0.2) is 5.58 Å². The van der Waals surface area contributed by atoms with Gasteiger partial charge in [0.1, 0.15) is 0 Å². The lowest BCUT2D eigenvalue weighted by atomic mass is 10.2. The highest BCUT2D eigenvalue weighted by atomic mass is 19.1. The molecule has 2 rings (SSSR count). The third-order valence-electron chi connectivity index (χ3n) is 2.59. The Kier molecular flexibility index (Phi) is 6.11. The van der Waals surface area contributed by atoms with E-state index in [2.05, 4.69) is 0 Å². The number of nitrogens with zero attached hydrogens (tertiary/aromatic N) is 1. The Morgan fingerprint density at radius 1 is 1.40 bits per heavy atom. The summed E-state index contributed by atoms with van der Waals surface area (Å²) >= 11 is 0. The van der Waals surface area contributed by atoms with Gasteiger partial charge in [-0.2, -0.15) is 0 Å². The van der Waals surface area contributed by atoms with Crippen molar-refractivity contribution in [3.8, 4) is 0 Å². The number of aromatic nitrogens is 1. The van der Waals surface area contributed by atoms with Gasteiger partial charge in [-0.1, -0.05) is 26.0 Å². The molecule has 0 aliphatic rings. The van der Waals surface area contributed by atoms with E-state index in [9.17, 15) is 19.1 Å². The first-order valence-electron chi connectivity index (χ1n) is 6.51. The Bertz CT molecular complexity index is 617. The van der Waals surface area contributed by atoms with Gasteiger partial charge in [0.2, 0.25) is 5.91 Å². The van der Waals surface area contributed by atoms with Gasteiger partial charge in [0.25, 0.3) is 0 Å². The Morgan fingerprint density at radius 2 is 2.05 bits per heavy atom. The second-order valence-electron chi connectivity index (χ2n) is 3.90. The van der Waals surface area contributed by atoms with Crippen molar-refractivity contribution >= 4 is 17.0 Å². The maximum atomic E-state index is 12.0. The average molecular weight is 283 g/mol. The number of rotatable bonds is 4. The minimum atomic E-state index is -1.09. The van der Waals surface area contributed by atoms with Crippen LogP contribution >= 0.6 is 0 Å². The molecule has 1 aromatic heterocycles. The van der Waals surface area contributed by atoms with Gasteiger partial charge in [-0.05, 0) is 12.1 Å². The lowest BCUT2D eigenvalue weighted by Crippen LogP contribution is -2.26. The largest absolute Gasteiger partial charge is 0.426 e. The van der Waals surface area contributed by atoms with E-state index in [0.29, 0.717) is 11.1 Å². The summed E-state index contributed by atoms with van der Waals surface area (Å²) in [7, 11) is 0. The zero-order valence-corrected chi connectivity index (χ0v) is 11.5. The van der Waals surface area contributed by atoms with E-state index in [1.807, 2.05) is 13.8 Å². The molecular weight excluding hydrogens is 265 g/mol. The topological polar surface area (TPSA) is 72.4 Å². The summed E-state index contributed by atoms with van der Waals surface area (Å²) in [4.78, 5) is 23.4. The highest BCUT2D eigenvalue weighted by Crippen LogP contribution is 2.13. The second kappa shape index (κ2) is 7.59. The molecule has 0 spiro atoms. The number of alkyl halides is 1. The third-order valence-corrected chi connectivity index (χ3v) is 2.59. The first kappa shape index (κ1) is 16.1. The monoisotopic (exact) mass is 283 g/mol. The number of carbonyl (C=O) groups is 1. The Hall–Kier alpha value is -1.95. The van der Waals surface area contributed by atoms with Crippen LogP contribution in [0.2, 0.25) is 0 Å². The standard InChI is InChI=1S/C12H12FNO4.C2H6/c13-6-5-8(15)7-11(16)14-9-3-1-2-4-10(9)18-12(14)17;1-2/h1-4,8,15H,5-7H2;1-2H3. The van der Waals surface area contributed by atoms with Crippen LogP contribution < -0.4 is 5.76 Å². The van der Waals surface area contributed by atoms with Crippen LogP contribution in [0.25, 0.3) is 11.1 Å². The molecule has 5 nitrogen and oxygen atoms in total. The zero-order chi connectivity index (χ0) is 15.1. The summed E-state index contributed by atoms with van der Waals surface area (Å²) in [5.41, 5.74) is 0.649. The van der Waals surface area contributed by atoms with Crippen LogP contribution in [-0.2, 0) is 0 Å². The molecule has 0 saturated heterocycles. The Labute approximate surface area is 115 Å². The zero-order valence-electron chi connectivity index (χ0n) is 11.5. The van der Waals surface area contributed by atoms with Crippen molar-refractivity contribution in [3.63, 3.8) is 0 Å². The maximum Gasteiger partial charge on any atom is 0.426 e. The van der Waals surface area contributed by atoms with Crippen LogP contribution in [0, 0.1) is 0 Å². The molecule has 20 heavy (non-hydrogen) atoms. The maximum absolute atomic E-state index is 12.0. The van der Waals surface area contributed by atoms with E-state index < -0.39 is 24.4 Å². The van der Waals surface area contributed by atoms with Crippen LogP contribution in [-0.4, -0.2) is 28.4 Å². The lowest BCUT2D eigenvalue weighted by molar-refractivity contribution is 0.0774. The summed E-state index contributed by atoms with van der Waals surface area (Å²) in [5.74, 6) is -1.40. The van der Waals surface area contributed by atoms with E-state index in [-0.39, 0.29) is 12.8 Å². The fourth-order valence-electron chi connectivity index (χ4n) is 1.72. The lowest BCUT2D eigenvalue weighted by Gasteiger charge is -2.06. The van der Waals surface area contributed by atoms with Crippen molar-refractivity contribution in [3.05, 3.63) is 34.8 Å². The molecule has 0 radical (unpaired) electrons. The van der Waals surface area contributed by atoms with Crippen LogP contribution in [0.5, 0.6) is 0 Å². The molecule has 1 atom stereocenters. The molecule has 1 N–H and O–H groups in total. The van der Waals surface area contributed by atoms with E-state index in [4.69, 9.17) is 4.42 Å². The summed E-state index contributed by atoms with van der Waals surface area (Å²) in [6.45, 7) is 3.29. The molecule has 0 bridgehead atoms. The third kappa shape index (κ3) is 3.54. The van der Waals surface area contributed by atoms with Gasteiger partial charge in [0.05, 0.1) is 24.7 Å². The Balaban J connectivity index is 0.000000956. The predicted molar refractivity (Wildman–Crippen MR) is 73.7 cm³/mol. The molecule has 6 heteroatoms. The molecular formula is C14H18FNO4. The van der Waals surface area contributed by atoms with Gasteiger partial charge in [-0.25, -0.2) is 9.36 Å². The van der Waals surface area contributed by atoms with Gasteiger partial charge < -0.3 is 9.52 Å². The summed E-state index contributed by atoms with van der Waals surface area (Å²) < 4.78 is 17.8. The van der Waals surface area contributed by atoms with Gasteiger partial charge >= 0.3 is 5.76 Å². The quantitative estimate of drug-likeness (QED) is 0.935. The van der Waals surface area contributed by atoms with Crippen molar-refractivity contribution in [2.24, 2.45) is 0 Å². The van der Waals surface area contributed by atoms with Crippen LogP contribution in [0.4, 0.5) is 4.39 Å². The molecule has 0 amide bonds. The molecule has 0 aliphatic heterocycles. The first-order chi connectivity index (χ1) is 9.63. The van der Waals surface area contributed by atoms with Crippen molar-refractivity contribution in [1.29, 1.82) is 0 Å². The SMILES string of the molecule is CC.O=C(CC(O)CCF)n1c(=O)oc2ccccc21. The normalized spacial score (nSPS) is 11.8. The highest BCUT2D eigenvalue weighted by Gasteiger charge is 2.18. The number of carbonyl (C=O) groups excluding carboxylic acids is 1. The number of hydrogen-bond donors (Lipinski definition) is 1. The number of aliphatic hydroxyl groups is 1. The predicted octanol–water partition coefficient (Wildman–Crippen LogP) is 2.37. The average Bonchev–Trinajstić information content (AvgIpc) is 2.77. The van der Waals surface area contributed by atoms with Gasteiger partial charge in [-0.3, -0.25) is 9.18 Å². The summed E-state index contributed by atoms with van der Waals surface area (Å²) in [6, 6.07) is 6.48. The van der Waals surface area contributed by atoms with Crippen LogP contribution in [0.3, 0.4) is 0 Å². The summed E-state index contributed by atoms with van der Waals surface area (Å²) in [5, 5.41) is 9.37. The number of para-hydroxylation sites is 2. The van der Waals surface area contributed by atoms with E-state index >= 15 is 0 Å². The molecule has 1 aromatic carbocycles. The van der Waals surface area contributed by atoms with Crippen molar-refractivity contribution in [2.75, 3.05) is 6.67 Å². The molecule has 1 heterocycles. The van der Waals surface area contributed by atoms with E-state index in [1.165, 1.54) is 0 Å². The molecule has 2 aromatic rings. The van der Waals surface area contributed by atoms with Crippen molar-refractivity contribution < 1.29 is 18.7 Å². The number of fused-ring (bicyclic) bond motifs is 1. The molecule has 0 saturated carbocycles. The fourth-order valence-corrected chi connectivity index (χ4v) is 1.72. The first-order valence-corrected chi connectivity index (χ1v) is 6.51. The second-order valence-corrected chi connectivity index (χ2v) is 3.90. The highest BCUT2D eigenvalue weighted by molar-refractivity contribution is 5.89. The number of hydrogen-bond acceptors (Lipinski definition) is 4. The minimum absolute atomic E-state index is 0.129. The van der Waals surface area contributed by atoms with Crippen LogP contribution in [0.15, 0.2) is 33.5 Å². The number of benzene rings is 1. The summed E-state index contributed by atoms with van der Waals surface area (Å²) in [6.07, 6.45) is -1.54. The van der Waals surface area contributed by atoms with E-state index in [1.54, 1.807) is 24.3 Å². The van der Waals surface area contributed by atoms with Crippen LogP contribution in [0.1, 0.15) is 31.5 Å². The number of halogens is 1. The molecule has 1 unspecified atom stereocenters. The fraction of sp³-hybridized carbons (Fsp3) is 0.429. The smallest absolute Gasteiger partial charge is 0.407 e. The van der Waals surface area contributed by atoms with Gasteiger partial charge in [0, 0.05) is 6.42 Å². The van der Waals surface area contributed by atoms with Crippen molar-refractivity contribution in [1.82, 2.24) is 4.57 Å². The number of oxazole rings is 1. The molecule has 110 valence electrons. The number of aliphatic hydroxyl groups excluding tert-OH is 1. The van der Waals surface area contributed by atoms with Crippen molar-refractivity contribution in [2.45, 2.75) is 32.8 Å². The molecule has 0 fully saturated rings. The van der Waals surface area contributed by atoms with E-state index in [0.717, 1.165) is 4.57 Å². The minimum Gasteiger partial charge on any atom is -0.407 e. The van der Waals surface area contributed by atoms with Gasteiger partial charge in [-0.15, -0.1) is 0 Å².